The highest BCUT2D eigenvalue weighted by Gasteiger charge is 2.25. The molecule has 2 aliphatic rings. The van der Waals surface area contributed by atoms with Gasteiger partial charge in [0.15, 0.2) is 0 Å². The predicted octanol–water partition coefficient (Wildman–Crippen LogP) is 2.25. The van der Waals surface area contributed by atoms with Crippen LogP contribution >= 0.6 is 11.6 Å². The average Bonchev–Trinajstić information content (AvgIpc) is 3.14. The number of nitrogens with zero attached hydrogens (tertiary/aromatic N) is 3. The SMILES string of the molecule is O=C(NCc1cc(Cl)ccc1N1CCOCC1)C1CCn2ccnc2C1. The molecule has 0 radical (unpaired) electrons. The van der Waals surface area contributed by atoms with Crippen LogP contribution in [-0.2, 0) is 29.0 Å². The number of ether oxygens (including phenoxy) is 1. The van der Waals surface area contributed by atoms with Crippen molar-refractivity contribution in [2.45, 2.75) is 25.9 Å². The fourth-order valence-corrected chi connectivity index (χ4v) is 3.90. The lowest BCUT2D eigenvalue weighted by Gasteiger charge is -2.31. The summed E-state index contributed by atoms with van der Waals surface area (Å²) >= 11 is 6.20. The number of benzene rings is 1. The van der Waals surface area contributed by atoms with Crippen molar-refractivity contribution in [2.75, 3.05) is 31.2 Å². The van der Waals surface area contributed by atoms with Crippen molar-refractivity contribution < 1.29 is 9.53 Å². The minimum Gasteiger partial charge on any atom is -0.378 e. The summed E-state index contributed by atoms with van der Waals surface area (Å²) in [5.74, 6) is 1.07. The second kappa shape index (κ2) is 7.68. The molecule has 138 valence electrons. The number of hydrogen-bond donors (Lipinski definition) is 1. The van der Waals surface area contributed by atoms with E-state index in [-0.39, 0.29) is 11.8 Å². The highest BCUT2D eigenvalue weighted by molar-refractivity contribution is 6.30. The molecule has 1 unspecified atom stereocenters. The van der Waals surface area contributed by atoms with Crippen LogP contribution in [0.3, 0.4) is 0 Å². The lowest BCUT2D eigenvalue weighted by Crippen LogP contribution is -2.38. The third-order valence-electron chi connectivity index (χ3n) is 5.17. The van der Waals surface area contributed by atoms with Gasteiger partial charge in [0.2, 0.25) is 5.91 Å². The highest BCUT2D eigenvalue weighted by Crippen LogP contribution is 2.26. The molecule has 0 spiro atoms. The lowest BCUT2D eigenvalue weighted by atomic mass is 9.96. The number of nitrogens with one attached hydrogen (secondary N) is 1. The number of amides is 1. The molecular formula is C19H23ClN4O2. The Bertz CT molecular complexity index is 786. The molecule has 2 aromatic rings. The van der Waals surface area contributed by atoms with Gasteiger partial charge in [0.25, 0.3) is 0 Å². The third kappa shape index (κ3) is 3.71. The summed E-state index contributed by atoms with van der Waals surface area (Å²) in [4.78, 5) is 19.3. The molecule has 1 amide bonds. The maximum absolute atomic E-state index is 12.7. The maximum atomic E-state index is 12.7. The van der Waals surface area contributed by atoms with E-state index in [1.54, 1.807) is 6.20 Å². The van der Waals surface area contributed by atoms with E-state index >= 15 is 0 Å². The van der Waals surface area contributed by atoms with Crippen LogP contribution in [0.4, 0.5) is 5.69 Å². The van der Waals surface area contributed by atoms with Crippen molar-refractivity contribution in [2.24, 2.45) is 5.92 Å². The van der Waals surface area contributed by atoms with Gasteiger partial charge in [0, 0.05) is 61.6 Å². The van der Waals surface area contributed by atoms with E-state index in [9.17, 15) is 4.79 Å². The molecule has 0 bridgehead atoms. The summed E-state index contributed by atoms with van der Waals surface area (Å²) in [7, 11) is 0. The van der Waals surface area contributed by atoms with Gasteiger partial charge in [-0.25, -0.2) is 4.98 Å². The summed E-state index contributed by atoms with van der Waals surface area (Å²) in [5, 5.41) is 3.79. The van der Waals surface area contributed by atoms with E-state index in [2.05, 4.69) is 19.8 Å². The number of halogens is 1. The van der Waals surface area contributed by atoms with E-state index in [0.717, 1.165) is 56.3 Å². The fraction of sp³-hybridized carbons (Fsp3) is 0.474. The summed E-state index contributed by atoms with van der Waals surface area (Å²) in [5.41, 5.74) is 2.17. The van der Waals surface area contributed by atoms with Gasteiger partial charge in [-0.15, -0.1) is 0 Å². The van der Waals surface area contributed by atoms with Crippen molar-refractivity contribution in [3.05, 3.63) is 47.0 Å². The molecule has 1 aromatic carbocycles. The van der Waals surface area contributed by atoms with Crippen molar-refractivity contribution in [1.29, 1.82) is 0 Å². The topological polar surface area (TPSA) is 59.4 Å². The molecule has 2 aliphatic heterocycles. The van der Waals surface area contributed by atoms with Crippen LogP contribution in [-0.4, -0.2) is 41.8 Å². The first-order valence-corrected chi connectivity index (χ1v) is 9.47. The molecule has 1 aromatic heterocycles. The fourth-order valence-electron chi connectivity index (χ4n) is 3.71. The van der Waals surface area contributed by atoms with Crippen LogP contribution in [0.25, 0.3) is 0 Å². The van der Waals surface area contributed by atoms with Crippen LogP contribution in [0, 0.1) is 5.92 Å². The van der Waals surface area contributed by atoms with Gasteiger partial charge in [0.05, 0.1) is 13.2 Å². The number of aryl methyl sites for hydroxylation is 1. The van der Waals surface area contributed by atoms with Crippen molar-refractivity contribution in [3.8, 4) is 0 Å². The van der Waals surface area contributed by atoms with E-state index < -0.39 is 0 Å². The second-order valence-electron chi connectivity index (χ2n) is 6.82. The number of fused-ring (bicyclic) bond motifs is 1. The monoisotopic (exact) mass is 374 g/mol. The zero-order valence-corrected chi connectivity index (χ0v) is 15.4. The smallest absolute Gasteiger partial charge is 0.223 e. The molecule has 1 atom stereocenters. The zero-order valence-electron chi connectivity index (χ0n) is 14.7. The normalized spacial score (nSPS) is 19.9. The Labute approximate surface area is 158 Å². The van der Waals surface area contributed by atoms with Gasteiger partial charge in [0.1, 0.15) is 5.82 Å². The Kier molecular flexibility index (Phi) is 5.13. The number of carbonyl (C=O) groups excluding carboxylic acids is 1. The molecule has 7 heteroatoms. The molecule has 0 saturated carbocycles. The molecule has 4 rings (SSSR count). The molecule has 1 N–H and O–H groups in total. The molecule has 6 nitrogen and oxygen atoms in total. The van der Waals surface area contributed by atoms with Gasteiger partial charge < -0.3 is 19.5 Å². The summed E-state index contributed by atoms with van der Waals surface area (Å²) in [6, 6.07) is 5.88. The first kappa shape index (κ1) is 17.4. The third-order valence-corrected chi connectivity index (χ3v) is 5.40. The van der Waals surface area contributed by atoms with Gasteiger partial charge >= 0.3 is 0 Å². The minimum absolute atomic E-state index is 0.0177. The van der Waals surface area contributed by atoms with Crippen LogP contribution in [0.2, 0.25) is 5.02 Å². The standard InChI is InChI=1S/C19H23ClN4O2/c20-16-1-2-17(23-7-9-26-10-8-23)15(11-16)13-22-19(25)14-3-5-24-6-4-21-18(24)12-14/h1-2,4,6,11,14H,3,5,7-10,12-13H2,(H,22,25). The summed E-state index contributed by atoms with van der Waals surface area (Å²) < 4.78 is 7.56. The number of imidazole rings is 1. The predicted molar refractivity (Wildman–Crippen MR) is 100 cm³/mol. The van der Waals surface area contributed by atoms with Crippen LogP contribution in [0.15, 0.2) is 30.6 Å². The molecule has 26 heavy (non-hydrogen) atoms. The Hall–Kier alpha value is -2.05. The minimum atomic E-state index is -0.0177. The number of rotatable bonds is 4. The Morgan fingerprint density at radius 1 is 1.31 bits per heavy atom. The first-order chi connectivity index (χ1) is 12.7. The van der Waals surface area contributed by atoms with Crippen molar-refractivity contribution in [3.63, 3.8) is 0 Å². The van der Waals surface area contributed by atoms with E-state index in [4.69, 9.17) is 16.3 Å². The van der Waals surface area contributed by atoms with Crippen molar-refractivity contribution >= 4 is 23.2 Å². The Morgan fingerprint density at radius 3 is 3.00 bits per heavy atom. The second-order valence-corrected chi connectivity index (χ2v) is 7.25. The Balaban J connectivity index is 1.42. The zero-order chi connectivity index (χ0) is 17.9. The molecular weight excluding hydrogens is 352 g/mol. The average molecular weight is 375 g/mol. The number of morpholine rings is 1. The molecule has 1 saturated heterocycles. The van der Waals surface area contributed by atoms with E-state index in [1.807, 2.05) is 24.4 Å². The molecule has 3 heterocycles. The van der Waals surface area contributed by atoms with Gasteiger partial charge in [-0.1, -0.05) is 11.6 Å². The van der Waals surface area contributed by atoms with Crippen LogP contribution in [0.1, 0.15) is 17.8 Å². The van der Waals surface area contributed by atoms with Gasteiger partial charge in [-0.2, -0.15) is 0 Å². The van der Waals surface area contributed by atoms with E-state index in [1.165, 1.54) is 0 Å². The van der Waals surface area contributed by atoms with Crippen LogP contribution in [0.5, 0.6) is 0 Å². The lowest BCUT2D eigenvalue weighted by molar-refractivity contribution is -0.125. The number of carbonyl (C=O) groups is 1. The summed E-state index contributed by atoms with van der Waals surface area (Å²) in [6.07, 6.45) is 5.33. The maximum Gasteiger partial charge on any atom is 0.223 e. The van der Waals surface area contributed by atoms with Crippen molar-refractivity contribution in [1.82, 2.24) is 14.9 Å². The Morgan fingerprint density at radius 2 is 2.15 bits per heavy atom. The molecule has 1 fully saturated rings. The number of anilines is 1. The van der Waals surface area contributed by atoms with Gasteiger partial charge in [-0.05, 0) is 30.2 Å². The highest BCUT2D eigenvalue weighted by atomic mass is 35.5. The quantitative estimate of drug-likeness (QED) is 0.891. The summed E-state index contributed by atoms with van der Waals surface area (Å²) in [6.45, 7) is 4.49. The number of aromatic nitrogens is 2. The number of hydrogen-bond acceptors (Lipinski definition) is 4. The largest absolute Gasteiger partial charge is 0.378 e. The van der Waals surface area contributed by atoms with Gasteiger partial charge in [-0.3, -0.25) is 4.79 Å². The first-order valence-electron chi connectivity index (χ1n) is 9.09. The molecule has 0 aliphatic carbocycles. The van der Waals surface area contributed by atoms with Crippen LogP contribution < -0.4 is 10.2 Å². The van der Waals surface area contributed by atoms with E-state index in [0.29, 0.717) is 18.0 Å².